The summed E-state index contributed by atoms with van der Waals surface area (Å²) >= 11 is 0. The molecule has 59 heavy (non-hydrogen) atoms. The fraction of sp³-hybridized carbons (Fsp3) is 0.590. The van der Waals surface area contributed by atoms with Gasteiger partial charge < -0.3 is 74.6 Å². The van der Waals surface area contributed by atoms with E-state index in [0.29, 0.717) is 6.42 Å². The number of ketones is 3. The zero-order valence-corrected chi connectivity index (χ0v) is 35.2. The van der Waals surface area contributed by atoms with Crippen LogP contribution in [0.3, 0.4) is 0 Å². The van der Waals surface area contributed by atoms with Gasteiger partial charge in [-0.1, -0.05) is 12.1 Å². The van der Waals surface area contributed by atoms with E-state index in [4.69, 9.17) is 28.4 Å². The van der Waals surface area contributed by atoms with Crippen LogP contribution in [0.5, 0.6) is 17.2 Å². The number of methoxy groups -OCH3 is 1. The maximum absolute atomic E-state index is 13.9. The van der Waals surface area contributed by atoms with Crippen molar-refractivity contribution in [2.45, 2.75) is 126 Å². The fourth-order valence-corrected chi connectivity index (χ4v) is 8.07. The summed E-state index contributed by atoms with van der Waals surface area (Å²) in [5.74, 6) is -5.10. The first-order valence-electron chi connectivity index (χ1n) is 19.0. The van der Waals surface area contributed by atoms with E-state index >= 15 is 0 Å². The summed E-state index contributed by atoms with van der Waals surface area (Å²) in [5, 5.41) is 89.0. The van der Waals surface area contributed by atoms with E-state index in [1.54, 1.807) is 13.8 Å². The molecule has 1 unspecified atom stereocenters. The summed E-state index contributed by atoms with van der Waals surface area (Å²) in [6.07, 6.45) is -14.8. The maximum atomic E-state index is 13.9. The summed E-state index contributed by atoms with van der Waals surface area (Å²) in [6, 6.07) is 3.69. The molecule has 6 rings (SSSR count). The minimum Gasteiger partial charge on any atom is -0.507 e. The van der Waals surface area contributed by atoms with Gasteiger partial charge in [0.2, 0.25) is 5.78 Å². The molecule has 2 saturated heterocycles. The number of benzene rings is 2. The number of carboxylic acid groups (broad SMARTS) is 1. The molecule has 19 nitrogen and oxygen atoms in total. The number of hydrogen-bond donors (Lipinski definition) is 9. The Morgan fingerprint density at radius 1 is 0.983 bits per heavy atom. The molecule has 20 heteroatoms. The number of carboxylic acids is 1. The number of phenolic OH excluding ortho intramolecular Hbond substituents is 2. The van der Waals surface area contributed by atoms with E-state index < -0.39 is 132 Å². The number of hydrogen-bond acceptors (Lipinski definition) is 18. The number of carbonyl (C=O) groups is 4. The van der Waals surface area contributed by atoms with Gasteiger partial charge in [-0.2, -0.15) is 0 Å². The first-order valence-corrected chi connectivity index (χ1v) is 19.0. The number of aliphatic hydroxyl groups excluding tert-OH is 4. The minimum atomic E-state index is -2.11. The molecule has 2 heterocycles. The Labute approximate surface area is 360 Å². The molecule has 0 saturated carbocycles. The van der Waals surface area contributed by atoms with Crippen molar-refractivity contribution in [1.29, 1.82) is 0 Å². The van der Waals surface area contributed by atoms with Gasteiger partial charge in [0.1, 0.15) is 41.2 Å². The molecule has 4 aliphatic rings. The van der Waals surface area contributed by atoms with Crippen LogP contribution in [0.2, 0.25) is 0 Å². The molecule has 2 aliphatic heterocycles. The molecule has 0 amide bonds. The van der Waals surface area contributed by atoms with Crippen LogP contribution in [0.1, 0.15) is 95.5 Å². The number of phenols is 2. The average Bonchev–Trinajstić information content (AvgIpc) is 3.18. The van der Waals surface area contributed by atoms with Crippen LogP contribution >= 0.6 is 0 Å². The summed E-state index contributed by atoms with van der Waals surface area (Å²) in [4.78, 5) is 52.0. The van der Waals surface area contributed by atoms with E-state index in [2.05, 4.69) is 5.32 Å². The van der Waals surface area contributed by atoms with Crippen molar-refractivity contribution in [1.82, 2.24) is 5.32 Å². The van der Waals surface area contributed by atoms with Crippen molar-refractivity contribution in [2.24, 2.45) is 0 Å². The topological polar surface area (TPSA) is 298 Å². The molecular formula is C39H49NNaO18. The quantitative estimate of drug-likeness (QED) is 0.0421. The molecule has 1 radical (unpaired) electrons. The first kappa shape index (κ1) is 46.9. The Balaban J connectivity index is 0.00000661. The van der Waals surface area contributed by atoms with E-state index in [1.165, 1.54) is 25.3 Å². The normalized spacial score (nSPS) is 31.9. The second-order valence-electron chi connectivity index (χ2n) is 14.9. The summed E-state index contributed by atoms with van der Waals surface area (Å²) in [5.41, 5.74) is -3.52. The number of rotatable bonds is 14. The monoisotopic (exact) mass is 842 g/mol. The van der Waals surface area contributed by atoms with E-state index in [9.17, 15) is 60.0 Å². The number of aliphatic hydroxyl groups is 5. The number of aliphatic carboxylic acids is 1. The molecular weight excluding hydrogens is 793 g/mol. The fourth-order valence-electron chi connectivity index (χ4n) is 8.07. The van der Waals surface area contributed by atoms with Crippen molar-refractivity contribution in [2.75, 3.05) is 20.3 Å². The number of Topliss-reactive ketones (excluding diaryl/α,β-unsaturated/α-hetero) is 1. The van der Waals surface area contributed by atoms with Gasteiger partial charge in [-0.05, 0) is 46.2 Å². The van der Waals surface area contributed by atoms with Crippen molar-refractivity contribution in [3.63, 3.8) is 0 Å². The Kier molecular flexibility index (Phi) is 15.0. The summed E-state index contributed by atoms with van der Waals surface area (Å²) in [7, 11) is 1.31. The van der Waals surface area contributed by atoms with Gasteiger partial charge in [0, 0.05) is 78.2 Å². The molecule has 2 fully saturated rings. The predicted molar refractivity (Wildman–Crippen MR) is 200 cm³/mol. The van der Waals surface area contributed by atoms with Crippen molar-refractivity contribution in [3.8, 4) is 17.2 Å². The van der Waals surface area contributed by atoms with Crippen molar-refractivity contribution in [3.05, 3.63) is 51.6 Å². The van der Waals surface area contributed by atoms with Crippen LogP contribution in [-0.2, 0) is 39.7 Å². The van der Waals surface area contributed by atoms with Gasteiger partial charge in [0.15, 0.2) is 36.5 Å². The summed E-state index contributed by atoms with van der Waals surface area (Å²) < 4.78 is 34.1. The van der Waals surface area contributed by atoms with Gasteiger partial charge in [-0.15, -0.1) is 0 Å². The third-order valence-corrected chi connectivity index (χ3v) is 11.2. The second kappa shape index (κ2) is 18.9. The van der Waals surface area contributed by atoms with Crippen LogP contribution in [0, 0.1) is 0 Å². The van der Waals surface area contributed by atoms with Crippen LogP contribution in [0.4, 0.5) is 0 Å². The predicted octanol–water partition coefficient (Wildman–Crippen LogP) is -0.669. The van der Waals surface area contributed by atoms with Crippen LogP contribution in [0.25, 0.3) is 0 Å². The second-order valence-corrected chi connectivity index (χ2v) is 14.9. The molecule has 0 aromatic heterocycles. The van der Waals surface area contributed by atoms with Crippen molar-refractivity contribution < 1.29 is 88.5 Å². The minimum absolute atomic E-state index is 0. The molecule has 2 aromatic carbocycles. The van der Waals surface area contributed by atoms with Crippen molar-refractivity contribution >= 4 is 52.9 Å². The SMILES string of the molecule is CCOC(CCCN[C@H]1C[C@H](O[C@H]2C[C@](O)(C(C)=O)Cc3c(O)c4c(c(O)c32)C(=O)c2c(OC)cccc2C4=O)O[C@@H](C)[C@H]1O)O[C@@H]1O[C@H](C(=O)O)[C@@H](O)[C@H](O)[C@H]1O.[Na]. The Bertz CT molecular complexity index is 1930. The number of fused-ring (bicyclic) bond motifs is 3. The van der Waals surface area contributed by atoms with Crippen LogP contribution in [-0.4, -0.2) is 181 Å². The van der Waals surface area contributed by atoms with E-state index in [-0.39, 0.29) is 83.6 Å². The molecule has 0 bridgehead atoms. The first-order chi connectivity index (χ1) is 27.4. The molecule has 2 aromatic rings. The van der Waals surface area contributed by atoms with Gasteiger partial charge in [0.25, 0.3) is 0 Å². The Hall–Kier alpha value is -3.12. The zero-order valence-electron chi connectivity index (χ0n) is 33.2. The molecule has 2 aliphatic carbocycles. The number of ether oxygens (including phenoxy) is 6. The zero-order chi connectivity index (χ0) is 42.4. The van der Waals surface area contributed by atoms with E-state index in [0.717, 1.165) is 6.92 Å². The number of carbonyl (C=O) groups excluding carboxylic acids is 3. The van der Waals surface area contributed by atoms with Gasteiger partial charge >= 0.3 is 5.97 Å². The number of nitrogens with one attached hydrogen (secondary N) is 1. The number of aromatic hydroxyl groups is 2. The van der Waals surface area contributed by atoms with Gasteiger partial charge in [-0.3, -0.25) is 14.4 Å². The van der Waals surface area contributed by atoms with Crippen LogP contribution < -0.4 is 10.1 Å². The third-order valence-electron chi connectivity index (χ3n) is 11.2. The molecule has 9 N–H and O–H groups in total. The van der Waals surface area contributed by atoms with Gasteiger partial charge in [-0.25, -0.2) is 4.79 Å². The smallest absolute Gasteiger partial charge is 0.335 e. The molecule has 12 atom stereocenters. The standard InChI is InChI=1S/C39H49NO18.Na/c1-5-54-22(57-38-35(49)33(47)34(48)36(58-38)37(50)51)10-7-11-40-19-12-23(55-15(2)28(19)42)56-21-14-39(52,16(3)41)13-18-25(21)32(46)27-26(30(18)44)29(43)17-8-6-9-20(53-4)24(17)31(27)45;/h6,8-9,15,19,21-23,28,33-36,38,40,42,44,46-49,52H,5,7,10-14H2,1-4H3,(H,50,51);/t15-,19-,21-,22?,23-,28+,33-,34-,35+,36-,38+,39-;/m0./s1. The van der Waals surface area contributed by atoms with Gasteiger partial charge in [0.05, 0.1) is 42.1 Å². The Morgan fingerprint density at radius 2 is 1.68 bits per heavy atom. The third kappa shape index (κ3) is 8.96. The maximum Gasteiger partial charge on any atom is 0.335 e. The Morgan fingerprint density at radius 3 is 2.32 bits per heavy atom. The average molecular weight is 843 g/mol. The molecule has 319 valence electrons. The van der Waals surface area contributed by atoms with Crippen LogP contribution in [0.15, 0.2) is 18.2 Å². The van der Waals surface area contributed by atoms with E-state index in [1.807, 2.05) is 0 Å². The summed E-state index contributed by atoms with van der Waals surface area (Å²) in [6.45, 7) is 4.83. The largest absolute Gasteiger partial charge is 0.507 e. The molecule has 0 spiro atoms.